The SMILES string of the molecule is CCC/C=C/CC(O)C[N+](CCC)(CCC)C(C)C(=O)[O-]. The molecule has 1 N–H and O–H groups in total. The third-order valence-corrected chi connectivity index (χ3v) is 4.11. The van der Waals surface area contributed by atoms with Gasteiger partial charge in [-0.25, -0.2) is 0 Å². The van der Waals surface area contributed by atoms with Crippen molar-refractivity contribution in [1.82, 2.24) is 0 Å². The second kappa shape index (κ2) is 10.8. The molecule has 2 unspecified atom stereocenters. The van der Waals surface area contributed by atoms with Gasteiger partial charge in [-0.1, -0.05) is 39.3 Å². The van der Waals surface area contributed by atoms with Gasteiger partial charge in [0.15, 0.2) is 0 Å². The standard InChI is InChI=1S/C17H33NO3/c1-5-8-9-10-11-16(19)14-18(12-6-2,13-7-3)15(4)17(20)21/h9-10,15-16,19H,5-8,11-14H2,1-4H3/b10-9+. The lowest BCUT2D eigenvalue weighted by Gasteiger charge is -2.45. The maximum Gasteiger partial charge on any atom is 0.126 e. The van der Waals surface area contributed by atoms with Crippen molar-refractivity contribution in [2.24, 2.45) is 0 Å². The first kappa shape index (κ1) is 20.1. The van der Waals surface area contributed by atoms with Gasteiger partial charge in [0.25, 0.3) is 0 Å². The predicted octanol–water partition coefficient (Wildman–Crippen LogP) is 1.87. The fourth-order valence-corrected chi connectivity index (χ4v) is 2.99. The molecule has 0 spiro atoms. The Morgan fingerprint density at radius 2 is 1.71 bits per heavy atom. The smallest absolute Gasteiger partial charge is 0.126 e. The molecule has 0 radical (unpaired) electrons. The molecule has 0 heterocycles. The van der Waals surface area contributed by atoms with Crippen LogP contribution >= 0.6 is 0 Å². The molecular weight excluding hydrogens is 266 g/mol. The van der Waals surface area contributed by atoms with Crippen molar-refractivity contribution >= 4 is 5.97 Å². The number of hydrogen-bond acceptors (Lipinski definition) is 3. The molecule has 0 aromatic carbocycles. The highest BCUT2D eigenvalue weighted by molar-refractivity contribution is 5.69. The van der Waals surface area contributed by atoms with Crippen LogP contribution in [-0.4, -0.2) is 47.3 Å². The van der Waals surface area contributed by atoms with E-state index in [0.717, 1.165) is 38.8 Å². The summed E-state index contributed by atoms with van der Waals surface area (Å²) in [7, 11) is 0. The molecule has 0 aliphatic rings. The van der Waals surface area contributed by atoms with Gasteiger partial charge >= 0.3 is 0 Å². The quantitative estimate of drug-likeness (QED) is 0.442. The number of aliphatic hydroxyl groups excluding tert-OH is 1. The number of allylic oxidation sites excluding steroid dienone is 1. The van der Waals surface area contributed by atoms with Crippen LogP contribution in [0, 0.1) is 0 Å². The maximum atomic E-state index is 11.4. The van der Waals surface area contributed by atoms with E-state index in [2.05, 4.69) is 26.8 Å². The lowest BCUT2D eigenvalue weighted by Crippen LogP contribution is -2.63. The predicted molar refractivity (Wildman–Crippen MR) is 84.6 cm³/mol. The summed E-state index contributed by atoms with van der Waals surface area (Å²) in [5.41, 5.74) is 0. The highest BCUT2D eigenvalue weighted by Crippen LogP contribution is 2.18. The van der Waals surface area contributed by atoms with Crippen LogP contribution in [0.5, 0.6) is 0 Å². The summed E-state index contributed by atoms with van der Waals surface area (Å²) in [6.07, 6.45) is 8.09. The molecule has 0 saturated carbocycles. The van der Waals surface area contributed by atoms with Crippen molar-refractivity contribution in [3.8, 4) is 0 Å². The van der Waals surface area contributed by atoms with E-state index in [1.165, 1.54) is 0 Å². The van der Waals surface area contributed by atoms with Crippen LogP contribution in [-0.2, 0) is 4.79 Å². The molecular formula is C17H33NO3. The number of aliphatic hydroxyl groups is 1. The zero-order valence-corrected chi connectivity index (χ0v) is 14.2. The number of aliphatic carboxylic acids is 1. The number of carbonyl (C=O) groups is 1. The summed E-state index contributed by atoms with van der Waals surface area (Å²) in [5.74, 6) is -1.02. The van der Waals surface area contributed by atoms with Gasteiger partial charge in [-0.2, -0.15) is 0 Å². The number of quaternary nitrogens is 1. The third kappa shape index (κ3) is 7.09. The van der Waals surface area contributed by atoms with Gasteiger partial charge in [-0.05, 0) is 32.6 Å². The minimum atomic E-state index is -1.02. The summed E-state index contributed by atoms with van der Waals surface area (Å²) in [4.78, 5) is 11.4. The average Bonchev–Trinajstić information content (AvgIpc) is 2.43. The molecule has 0 aliphatic heterocycles. The summed E-state index contributed by atoms with van der Waals surface area (Å²) in [5, 5.41) is 21.6. The molecule has 0 bridgehead atoms. The summed E-state index contributed by atoms with van der Waals surface area (Å²) < 4.78 is 0.415. The Kier molecular flexibility index (Phi) is 10.4. The fourth-order valence-electron chi connectivity index (χ4n) is 2.99. The van der Waals surface area contributed by atoms with Crippen molar-refractivity contribution in [2.45, 2.75) is 71.9 Å². The maximum absolute atomic E-state index is 11.4. The van der Waals surface area contributed by atoms with E-state index in [1.807, 2.05) is 6.08 Å². The second-order valence-electron chi connectivity index (χ2n) is 5.99. The van der Waals surface area contributed by atoms with Gasteiger partial charge in [-0.3, -0.25) is 0 Å². The summed E-state index contributed by atoms with van der Waals surface area (Å²) in [6, 6.07) is -0.584. The zero-order chi connectivity index (χ0) is 16.3. The molecule has 4 nitrogen and oxygen atoms in total. The Morgan fingerprint density at radius 1 is 1.14 bits per heavy atom. The van der Waals surface area contributed by atoms with Crippen LogP contribution in [0.3, 0.4) is 0 Å². The Hall–Kier alpha value is -0.870. The molecule has 0 aromatic rings. The third-order valence-electron chi connectivity index (χ3n) is 4.11. The number of nitrogens with zero attached hydrogens (tertiary/aromatic N) is 1. The Morgan fingerprint density at radius 3 is 2.14 bits per heavy atom. The van der Waals surface area contributed by atoms with Gasteiger partial charge < -0.3 is 19.5 Å². The van der Waals surface area contributed by atoms with Crippen molar-refractivity contribution < 1.29 is 19.5 Å². The number of rotatable bonds is 12. The van der Waals surface area contributed by atoms with Crippen molar-refractivity contribution in [3.63, 3.8) is 0 Å². The largest absolute Gasteiger partial charge is 0.544 e. The van der Waals surface area contributed by atoms with E-state index in [-0.39, 0.29) is 0 Å². The average molecular weight is 299 g/mol. The number of carbonyl (C=O) groups excluding carboxylic acids is 1. The number of hydrogen-bond donors (Lipinski definition) is 1. The number of carboxylic acid groups (broad SMARTS) is 1. The van der Waals surface area contributed by atoms with Crippen molar-refractivity contribution in [1.29, 1.82) is 0 Å². The van der Waals surface area contributed by atoms with Crippen LogP contribution in [0.4, 0.5) is 0 Å². The second-order valence-corrected chi connectivity index (χ2v) is 5.99. The summed E-state index contributed by atoms with van der Waals surface area (Å²) in [6.45, 7) is 9.94. The molecule has 21 heavy (non-hydrogen) atoms. The Balaban J connectivity index is 4.89. The van der Waals surface area contributed by atoms with Gasteiger partial charge in [0, 0.05) is 0 Å². The van der Waals surface area contributed by atoms with Gasteiger partial charge in [0.2, 0.25) is 0 Å². The molecule has 0 amide bonds. The summed E-state index contributed by atoms with van der Waals surface area (Å²) >= 11 is 0. The molecule has 2 atom stereocenters. The van der Waals surface area contributed by atoms with Crippen LogP contribution in [0.1, 0.15) is 59.8 Å². The molecule has 0 rings (SSSR count). The van der Waals surface area contributed by atoms with E-state index in [9.17, 15) is 15.0 Å². The lowest BCUT2D eigenvalue weighted by molar-refractivity contribution is -0.946. The highest BCUT2D eigenvalue weighted by atomic mass is 16.4. The van der Waals surface area contributed by atoms with Crippen LogP contribution < -0.4 is 5.11 Å². The van der Waals surface area contributed by atoms with Crippen LogP contribution in [0.15, 0.2) is 12.2 Å². The molecule has 0 aromatic heterocycles. The van der Waals surface area contributed by atoms with E-state index in [1.54, 1.807) is 6.92 Å². The fraction of sp³-hybridized carbons (Fsp3) is 0.824. The van der Waals surface area contributed by atoms with Gasteiger partial charge in [0.1, 0.15) is 18.7 Å². The van der Waals surface area contributed by atoms with Crippen molar-refractivity contribution in [2.75, 3.05) is 19.6 Å². The van der Waals surface area contributed by atoms with E-state index < -0.39 is 18.1 Å². The first-order valence-corrected chi connectivity index (χ1v) is 8.33. The highest BCUT2D eigenvalue weighted by Gasteiger charge is 2.35. The molecule has 0 fully saturated rings. The first-order chi connectivity index (χ1) is 9.93. The Labute approximate surface area is 130 Å². The van der Waals surface area contributed by atoms with Crippen LogP contribution in [0.25, 0.3) is 0 Å². The van der Waals surface area contributed by atoms with E-state index in [4.69, 9.17) is 0 Å². The van der Waals surface area contributed by atoms with Gasteiger partial charge in [-0.15, -0.1) is 0 Å². The van der Waals surface area contributed by atoms with Crippen molar-refractivity contribution in [3.05, 3.63) is 12.2 Å². The topological polar surface area (TPSA) is 60.4 Å². The minimum Gasteiger partial charge on any atom is -0.544 e. The minimum absolute atomic E-state index is 0.415. The van der Waals surface area contributed by atoms with E-state index in [0.29, 0.717) is 17.4 Å². The van der Waals surface area contributed by atoms with Gasteiger partial charge in [0.05, 0.1) is 19.1 Å². The Bertz CT molecular complexity index is 309. The number of carboxylic acids is 1. The molecule has 4 heteroatoms. The monoisotopic (exact) mass is 299 g/mol. The molecule has 0 saturated heterocycles. The normalized spacial score (nSPS) is 15.3. The zero-order valence-electron chi connectivity index (χ0n) is 14.2. The van der Waals surface area contributed by atoms with Crippen LogP contribution in [0.2, 0.25) is 0 Å². The molecule has 124 valence electrons. The number of unbranched alkanes of at least 4 members (excludes halogenated alkanes) is 1. The lowest BCUT2D eigenvalue weighted by atomic mass is 10.1. The molecule has 0 aliphatic carbocycles. The van der Waals surface area contributed by atoms with E-state index >= 15 is 0 Å². The first-order valence-electron chi connectivity index (χ1n) is 8.33.